The van der Waals surface area contributed by atoms with Gasteiger partial charge in [0.15, 0.2) is 0 Å². The largest absolute Gasteiger partial charge is 0.481 e. The van der Waals surface area contributed by atoms with E-state index < -0.39 is 5.97 Å². The van der Waals surface area contributed by atoms with Crippen LogP contribution in [-0.4, -0.2) is 29.1 Å². The van der Waals surface area contributed by atoms with E-state index in [0.29, 0.717) is 13.0 Å². The smallest absolute Gasteiger partial charge is 0.307 e. The molecular formula is C13H16FNO2. The van der Waals surface area contributed by atoms with E-state index in [1.54, 1.807) is 12.1 Å². The number of hydrogen-bond donors (Lipinski definition) is 1. The van der Waals surface area contributed by atoms with Crippen LogP contribution in [0.2, 0.25) is 0 Å². The summed E-state index contributed by atoms with van der Waals surface area (Å²) in [6.07, 6.45) is 0.695. The molecule has 2 atom stereocenters. The van der Waals surface area contributed by atoms with Crippen LogP contribution >= 0.6 is 0 Å². The van der Waals surface area contributed by atoms with Gasteiger partial charge in [-0.3, -0.25) is 9.69 Å². The molecule has 1 aliphatic rings. The third-order valence-electron chi connectivity index (χ3n) is 3.47. The third kappa shape index (κ3) is 2.64. The maximum absolute atomic E-state index is 12.8. The van der Waals surface area contributed by atoms with E-state index in [0.717, 1.165) is 12.1 Å². The number of benzene rings is 1. The van der Waals surface area contributed by atoms with Crippen LogP contribution in [0.3, 0.4) is 0 Å². The fourth-order valence-corrected chi connectivity index (χ4v) is 2.29. The first-order valence-electron chi connectivity index (χ1n) is 5.80. The number of nitrogens with zero attached hydrogens (tertiary/aromatic N) is 1. The van der Waals surface area contributed by atoms with Gasteiger partial charge >= 0.3 is 5.97 Å². The fourth-order valence-electron chi connectivity index (χ4n) is 2.29. The molecule has 0 unspecified atom stereocenters. The first-order chi connectivity index (χ1) is 8.08. The minimum atomic E-state index is -0.723. The van der Waals surface area contributed by atoms with E-state index in [4.69, 9.17) is 5.11 Å². The second-order valence-electron chi connectivity index (χ2n) is 4.55. The Hall–Kier alpha value is -1.42. The molecule has 0 amide bonds. The lowest BCUT2D eigenvalue weighted by Crippen LogP contribution is -2.26. The quantitative estimate of drug-likeness (QED) is 0.876. The van der Waals surface area contributed by atoms with Crippen molar-refractivity contribution in [1.29, 1.82) is 0 Å². The number of rotatable bonds is 3. The summed E-state index contributed by atoms with van der Waals surface area (Å²) >= 11 is 0. The molecule has 0 aromatic heterocycles. The molecule has 92 valence electrons. The lowest BCUT2D eigenvalue weighted by Gasteiger charge is -2.24. The summed E-state index contributed by atoms with van der Waals surface area (Å²) in [5.41, 5.74) is 1.03. The van der Waals surface area contributed by atoms with Crippen molar-refractivity contribution < 1.29 is 14.3 Å². The van der Waals surface area contributed by atoms with Gasteiger partial charge in [-0.15, -0.1) is 0 Å². The Morgan fingerprint density at radius 3 is 2.65 bits per heavy atom. The van der Waals surface area contributed by atoms with Gasteiger partial charge in [0, 0.05) is 12.6 Å². The topological polar surface area (TPSA) is 40.5 Å². The Labute approximate surface area is 99.9 Å². The molecule has 0 saturated carbocycles. The van der Waals surface area contributed by atoms with Gasteiger partial charge in [-0.25, -0.2) is 4.39 Å². The van der Waals surface area contributed by atoms with Crippen molar-refractivity contribution in [2.45, 2.75) is 19.4 Å². The molecule has 1 fully saturated rings. The van der Waals surface area contributed by atoms with Gasteiger partial charge in [0.2, 0.25) is 0 Å². The number of aliphatic carboxylic acids is 1. The van der Waals surface area contributed by atoms with Gasteiger partial charge in [-0.2, -0.15) is 0 Å². The number of carbonyl (C=O) groups is 1. The highest BCUT2D eigenvalue weighted by Gasteiger charge is 2.30. The second kappa shape index (κ2) is 4.84. The maximum Gasteiger partial charge on any atom is 0.307 e. The minimum absolute atomic E-state index is 0.139. The molecule has 2 rings (SSSR count). The van der Waals surface area contributed by atoms with Crippen molar-refractivity contribution >= 4 is 5.97 Å². The zero-order chi connectivity index (χ0) is 12.4. The summed E-state index contributed by atoms with van der Waals surface area (Å²) in [5.74, 6) is -1.23. The van der Waals surface area contributed by atoms with Crippen molar-refractivity contribution in [3.05, 3.63) is 35.6 Å². The van der Waals surface area contributed by atoms with Crippen LogP contribution in [-0.2, 0) is 4.79 Å². The molecule has 3 nitrogen and oxygen atoms in total. The highest BCUT2D eigenvalue weighted by molar-refractivity contribution is 5.70. The van der Waals surface area contributed by atoms with Crippen molar-refractivity contribution in [2.24, 2.45) is 5.92 Å². The van der Waals surface area contributed by atoms with Gasteiger partial charge in [0.25, 0.3) is 0 Å². The molecule has 1 aromatic rings. The fraction of sp³-hybridized carbons (Fsp3) is 0.462. The molecule has 0 aliphatic carbocycles. The average molecular weight is 237 g/mol. The molecule has 1 N–H and O–H groups in total. The SMILES string of the molecule is C[C@H](c1ccc(F)cc1)N1CC[C@@H](C(=O)O)C1. The number of hydrogen-bond acceptors (Lipinski definition) is 2. The predicted octanol–water partition coefficient (Wildman–Crippen LogP) is 2.29. The normalized spacial score (nSPS) is 22.6. The maximum atomic E-state index is 12.8. The number of carboxylic acid groups (broad SMARTS) is 1. The molecule has 1 saturated heterocycles. The van der Waals surface area contributed by atoms with E-state index in [-0.39, 0.29) is 17.8 Å². The summed E-state index contributed by atoms with van der Waals surface area (Å²) in [5, 5.41) is 8.94. The Balaban J connectivity index is 2.04. The van der Waals surface area contributed by atoms with Crippen molar-refractivity contribution in [1.82, 2.24) is 4.90 Å². The van der Waals surface area contributed by atoms with Crippen LogP contribution in [0.25, 0.3) is 0 Å². The van der Waals surface area contributed by atoms with E-state index >= 15 is 0 Å². The zero-order valence-electron chi connectivity index (χ0n) is 9.77. The Kier molecular flexibility index (Phi) is 3.43. The Morgan fingerprint density at radius 2 is 2.12 bits per heavy atom. The van der Waals surface area contributed by atoms with Crippen molar-refractivity contribution in [2.75, 3.05) is 13.1 Å². The molecule has 4 heteroatoms. The summed E-state index contributed by atoms with van der Waals surface area (Å²) < 4.78 is 12.8. The summed E-state index contributed by atoms with van der Waals surface area (Å²) in [7, 11) is 0. The lowest BCUT2D eigenvalue weighted by atomic mass is 10.1. The highest BCUT2D eigenvalue weighted by atomic mass is 19.1. The van der Waals surface area contributed by atoms with Crippen LogP contribution in [0, 0.1) is 11.7 Å². The zero-order valence-corrected chi connectivity index (χ0v) is 9.77. The molecule has 1 aromatic carbocycles. The lowest BCUT2D eigenvalue weighted by molar-refractivity contribution is -0.141. The van der Waals surface area contributed by atoms with E-state index in [1.165, 1.54) is 12.1 Å². The minimum Gasteiger partial charge on any atom is -0.481 e. The first-order valence-corrected chi connectivity index (χ1v) is 5.80. The third-order valence-corrected chi connectivity index (χ3v) is 3.47. The van der Waals surface area contributed by atoms with Gasteiger partial charge < -0.3 is 5.11 Å². The van der Waals surface area contributed by atoms with Crippen LogP contribution < -0.4 is 0 Å². The molecule has 0 spiro atoms. The summed E-state index contributed by atoms with van der Waals surface area (Å²) in [4.78, 5) is 13.0. The van der Waals surface area contributed by atoms with Gasteiger partial charge in [0.1, 0.15) is 5.82 Å². The van der Waals surface area contributed by atoms with Crippen LogP contribution in [0.1, 0.15) is 24.9 Å². The molecule has 1 heterocycles. The first kappa shape index (κ1) is 12.0. The molecule has 17 heavy (non-hydrogen) atoms. The number of likely N-dealkylation sites (tertiary alicyclic amines) is 1. The van der Waals surface area contributed by atoms with Gasteiger partial charge in [-0.05, 0) is 37.6 Å². The van der Waals surface area contributed by atoms with Crippen LogP contribution in [0.15, 0.2) is 24.3 Å². The molecular weight excluding hydrogens is 221 g/mol. The number of carboxylic acids is 1. The van der Waals surface area contributed by atoms with Gasteiger partial charge in [-0.1, -0.05) is 12.1 Å². The molecule has 0 radical (unpaired) electrons. The van der Waals surface area contributed by atoms with E-state index in [9.17, 15) is 9.18 Å². The summed E-state index contributed by atoms with van der Waals surface area (Å²) in [6, 6.07) is 6.54. The van der Waals surface area contributed by atoms with E-state index in [2.05, 4.69) is 4.90 Å². The van der Waals surface area contributed by atoms with Crippen LogP contribution in [0.5, 0.6) is 0 Å². The van der Waals surface area contributed by atoms with Crippen molar-refractivity contribution in [3.8, 4) is 0 Å². The van der Waals surface area contributed by atoms with Gasteiger partial charge in [0.05, 0.1) is 5.92 Å². The summed E-state index contributed by atoms with van der Waals surface area (Å²) in [6.45, 7) is 3.39. The molecule has 0 bridgehead atoms. The molecule has 1 aliphatic heterocycles. The second-order valence-corrected chi connectivity index (χ2v) is 4.55. The highest BCUT2D eigenvalue weighted by Crippen LogP contribution is 2.27. The van der Waals surface area contributed by atoms with Crippen molar-refractivity contribution in [3.63, 3.8) is 0 Å². The standard InChI is InChI=1S/C13H16FNO2/c1-9(10-2-4-12(14)5-3-10)15-7-6-11(8-15)13(16)17/h2-5,9,11H,6-8H2,1H3,(H,16,17)/t9-,11-/m1/s1. The van der Waals surface area contributed by atoms with Crippen LogP contribution in [0.4, 0.5) is 4.39 Å². The predicted molar refractivity (Wildman–Crippen MR) is 62.1 cm³/mol. The average Bonchev–Trinajstić information content (AvgIpc) is 2.78. The monoisotopic (exact) mass is 237 g/mol. The Bertz CT molecular complexity index is 404. The Morgan fingerprint density at radius 1 is 1.47 bits per heavy atom. The van der Waals surface area contributed by atoms with E-state index in [1.807, 2.05) is 6.92 Å². The number of halogens is 1.